The van der Waals surface area contributed by atoms with Crippen LogP contribution in [0, 0.1) is 18.8 Å². The quantitative estimate of drug-likeness (QED) is 0.750. The van der Waals surface area contributed by atoms with E-state index in [0.29, 0.717) is 12.2 Å². The van der Waals surface area contributed by atoms with E-state index >= 15 is 0 Å². The zero-order chi connectivity index (χ0) is 18.4. The van der Waals surface area contributed by atoms with Gasteiger partial charge in [-0.25, -0.2) is 0 Å². The Morgan fingerprint density at radius 3 is 2.52 bits per heavy atom. The fraction of sp³-hybridized carbons (Fsp3) is 0.471. The lowest BCUT2D eigenvalue weighted by molar-refractivity contribution is -0.142. The van der Waals surface area contributed by atoms with Gasteiger partial charge in [-0.3, -0.25) is 9.59 Å². The SMILES string of the molecule is Cc1ccc(-c2nnn(CC(=O)NCC(CC(C)C)C(=O)O)n2)cc1. The highest BCUT2D eigenvalue weighted by atomic mass is 16.4. The minimum atomic E-state index is -0.908. The van der Waals surface area contributed by atoms with Crippen molar-refractivity contribution in [2.45, 2.75) is 33.7 Å². The van der Waals surface area contributed by atoms with Crippen LogP contribution in [-0.2, 0) is 16.1 Å². The van der Waals surface area contributed by atoms with Crippen LogP contribution in [0.2, 0.25) is 0 Å². The van der Waals surface area contributed by atoms with Crippen molar-refractivity contribution < 1.29 is 14.7 Å². The molecule has 0 fully saturated rings. The number of nitrogens with zero attached hydrogens (tertiary/aromatic N) is 4. The largest absolute Gasteiger partial charge is 0.481 e. The lowest BCUT2D eigenvalue weighted by atomic mass is 9.97. The molecule has 2 N–H and O–H groups in total. The molecule has 8 heteroatoms. The number of carbonyl (C=O) groups excluding carboxylic acids is 1. The second-order valence-corrected chi connectivity index (χ2v) is 6.48. The summed E-state index contributed by atoms with van der Waals surface area (Å²) in [5.74, 6) is -1.17. The van der Waals surface area contributed by atoms with E-state index in [1.165, 1.54) is 4.80 Å². The van der Waals surface area contributed by atoms with Crippen LogP contribution in [0.5, 0.6) is 0 Å². The number of carboxylic acids is 1. The fourth-order valence-electron chi connectivity index (χ4n) is 2.39. The van der Waals surface area contributed by atoms with Crippen molar-refractivity contribution in [2.24, 2.45) is 11.8 Å². The van der Waals surface area contributed by atoms with E-state index in [2.05, 4.69) is 20.7 Å². The molecule has 2 rings (SSSR count). The highest BCUT2D eigenvalue weighted by Crippen LogP contribution is 2.14. The van der Waals surface area contributed by atoms with E-state index in [1.807, 2.05) is 45.0 Å². The Kier molecular flexibility index (Phi) is 6.21. The summed E-state index contributed by atoms with van der Waals surface area (Å²) in [6.45, 7) is 5.87. The number of hydrogen-bond acceptors (Lipinski definition) is 5. The number of carboxylic acid groups (broad SMARTS) is 1. The van der Waals surface area contributed by atoms with Crippen molar-refractivity contribution in [3.63, 3.8) is 0 Å². The van der Waals surface area contributed by atoms with Crippen LogP contribution >= 0.6 is 0 Å². The molecule has 0 bridgehead atoms. The minimum absolute atomic E-state index is 0.0891. The molecule has 25 heavy (non-hydrogen) atoms. The van der Waals surface area contributed by atoms with Crippen molar-refractivity contribution in [3.8, 4) is 11.4 Å². The first kappa shape index (κ1) is 18.6. The molecule has 1 aromatic carbocycles. The van der Waals surface area contributed by atoms with E-state index in [4.69, 9.17) is 0 Å². The van der Waals surface area contributed by atoms with Crippen LogP contribution in [0.15, 0.2) is 24.3 Å². The first-order chi connectivity index (χ1) is 11.8. The first-order valence-electron chi connectivity index (χ1n) is 8.19. The molecule has 2 aromatic rings. The highest BCUT2D eigenvalue weighted by Gasteiger charge is 2.20. The van der Waals surface area contributed by atoms with Gasteiger partial charge in [0.25, 0.3) is 0 Å². The van der Waals surface area contributed by atoms with Crippen molar-refractivity contribution in [1.29, 1.82) is 0 Å². The second kappa shape index (κ2) is 8.36. The Balaban J connectivity index is 1.90. The van der Waals surface area contributed by atoms with Gasteiger partial charge < -0.3 is 10.4 Å². The molecule has 134 valence electrons. The number of benzene rings is 1. The number of hydrogen-bond donors (Lipinski definition) is 2. The van der Waals surface area contributed by atoms with Gasteiger partial charge in [0, 0.05) is 12.1 Å². The second-order valence-electron chi connectivity index (χ2n) is 6.48. The van der Waals surface area contributed by atoms with Crippen LogP contribution in [0.3, 0.4) is 0 Å². The summed E-state index contributed by atoms with van der Waals surface area (Å²) in [5.41, 5.74) is 1.95. The Hall–Kier alpha value is -2.77. The minimum Gasteiger partial charge on any atom is -0.481 e. The Bertz CT molecular complexity index is 724. The molecule has 1 amide bonds. The van der Waals surface area contributed by atoms with Gasteiger partial charge in [-0.05, 0) is 24.5 Å². The zero-order valence-electron chi connectivity index (χ0n) is 14.6. The molecule has 0 aliphatic heterocycles. The summed E-state index contributed by atoms with van der Waals surface area (Å²) in [4.78, 5) is 24.4. The zero-order valence-corrected chi connectivity index (χ0v) is 14.6. The Morgan fingerprint density at radius 1 is 1.24 bits per heavy atom. The van der Waals surface area contributed by atoms with Crippen LogP contribution in [-0.4, -0.2) is 43.7 Å². The van der Waals surface area contributed by atoms with E-state index in [0.717, 1.165) is 11.1 Å². The number of aliphatic carboxylic acids is 1. The van der Waals surface area contributed by atoms with E-state index < -0.39 is 11.9 Å². The van der Waals surface area contributed by atoms with Gasteiger partial charge in [0.05, 0.1) is 5.92 Å². The number of carbonyl (C=O) groups is 2. The first-order valence-corrected chi connectivity index (χ1v) is 8.19. The van der Waals surface area contributed by atoms with Crippen molar-refractivity contribution in [2.75, 3.05) is 6.54 Å². The van der Waals surface area contributed by atoms with Crippen LogP contribution in [0.4, 0.5) is 0 Å². The molecular weight excluding hydrogens is 322 g/mol. The molecule has 0 aliphatic rings. The summed E-state index contributed by atoms with van der Waals surface area (Å²) < 4.78 is 0. The number of aromatic nitrogens is 4. The maximum atomic E-state index is 12.0. The molecule has 1 atom stereocenters. The van der Waals surface area contributed by atoms with Gasteiger partial charge >= 0.3 is 5.97 Å². The van der Waals surface area contributed by atoms with E-state index in [1.54, 1.807) is 0 Å². The Labute approximate surface area is 146 Å². The van der Waals surface area contributed by atoms with Crippen LogP contribution < -0.4 is 5.32 Å². The average molecular weight is 345 g/mol. The lowest BCUT2D eigenvalue weighted by Crippen LogP contribution is -2.35. The standard InChI is InChI=1S/C17H23N5O3/c1-11(2)8-14(17(24)25)9-18-15(23)10-22-20-16(19-21-22)13-6-4-12(3)5-7-13/h4-7,11,14H,8-10H2,1-3H3,(H,18,23)(H,24,25). The molecule has 0 spiro atoms. The molecule has 1 unspecified atom stereocenters. The van der Waals surface area contributed by atoms with Gasteiger partial charge in [-0.15, -0.1) is 10.2 Å². The predicted octanol–water partition coefficient (Wildman–Crippen LogP) is 1.51. The molecule has 8 nitrogen and oxygen atoms in total. The molecule has 0 saturated carbocycles. The third kappa shape index (κ3) is 5.66. The van der Waals surface area contributed by atoms with Gasteiger partial charge in [-0.2, -0.15) is 4.80 Å². The molecule has 0 saturated heterocycles. The van der Waals surface area contributed by atoms with Crippen LogP contribution in [0.1, 0.15) is 25.8 Å². The topological polar surface area (TPSA) is 110 Å². The summed E-state index contributed by atoms with van der Waals surface area (Å²) in [7, 11) is 0. The number of rotatable bonds is 8. The molecule has 1 heterocycles. The predicted molar refractivity (Wildman–Crippen MR) is 91.6 cm³/mol. The summed E-state index contributed by atoms with van der Waals surface area (Å²) in [5, 5.41) is 23.8. The maximum Gasteiger partial charge on any atom is 0.308 e. The van der Waals surface area contributed by atoms with E-state index in [9.17, 15) is 14.7 Å². The van der Waals surface area contributed by atoms with Gasteiger partial charge in [0.2, 0.25) is 11.7 Å². The normalized spacial score (nSPS) is 12.2. The summed E-state index contributed by atoms with van der Waals surface area (Å²) in [6, 6.07) is 7.67. The summed E-state index contributed by atoms with van der Waals surface area (Å²) in [6.07, 6.45) is 0.509. The van der Waals surface area contributed by atoms with Crippen LogP contribution in [0.25, 0.3) is 11.4 Å². The Morgan fingerprint density at radius 2 is 1.92 bits per heavy atom. The maximum absolute atomic E-state index is 12.0. The van der Waals surface area contributed by atoms with Gasteiger partial charge in [0.1, 0.15) is 6.54 Å². The van der Waals surface area contributed by atoms with Crippen molar-refractivity contribution >= 4 is 11.9 Å². The monoisotopic (exact) mass is 345 g/mol. The van der Waals surface area contributed by atoms with Gasteiger partial charge in [0.15, 0.2) is 0 Å². The highest BCUT2D eigenvalue weighted by molar-refractivity contribution is 5.77. The average Bonchev–Trinajstić information content (AvgIpc) is 3.00. The number of aryl methyl sites for hydroxylation is 1. The number of amides is 1. The number of tetrazole rings is 1. The smallest absolute Gasteiger partial charge is 0.308 e. The molecule has 1 aromatic heterocycles. The molecule has 0 radical (unpaired) electrons. The molecular formula is C17H23N5O3. The molecule has 0 aliphatic carbocycles. The third-order valence-electron chi connectivity index (χ3n) is 3.70. The number of nitrogens with one attached hydrogen (secondary N) is 1. The summed E-state index contributed by atoms with van der Waals surface area (Å²) >= 11 is 0. The van der Waals surface area contributed by atoms with E-state index in [-0.39, 0.29) is 24.9 Å². The van der Waals surface area contributed by atoms with Crippen molar-refractivity contribution in [1.82, 2.24) is 25.5 Å². The third-order valence-corrected chi connectivity index (χ3v) is 3.70. The van der Waals surface area contributed by atoms with Gasteiger partial charge in [-0.1, -0.05) is 43.7 Å². The fourth-order valence-corrected chi connectivity index (χ4v) is 2.39. The van der Waals surface area contributed by atoms with Crippen molar-refractivity contribution in [3.05, 3.63) is 29.8 Å². The lowest BCUT2D eigenvalue weighted by Gasteiger charge is -2.15.